The van der Waals surface area contributed by atoms with E-state index in [-0.39, 0.29) is 5.56 Å². The second-order valence-corrected chi connectivity index (χ2v) is 6.37. The topological polar surface area (TPSA) is 75.6 Å². The number of rotatable bonds is 4. The fourth-order valence-corrected chi connectivity index (χ4v) is 3.39. The number of benzene rings is 1. The van der Waals surface area contributed by atoms with Crippen molar-refractivity contribution in [3.05, 3.63) is 52.4 Å². The van der Waals surface area contributed by atoms with Gasteiger partial charge in [-0.3, -0.25) is 9.78 Å². The number of aromatic amines is 1. The molecule has 6 nitrogen and oxygen atoms in total. The zero-order chi connectivity index (χ0) is 16.4. The maximum absolute atomic E-state index is 12.3. The first-order valence-electron chi connectivity index (χ1n) is 8.56. The Morgan fingerprint density at radius 1 is 1.17 bits per heavy atom. The standard InChI is InChI=1S/C18H21N5O/c24-17-15-12-20-23(14-9-5-2-6-10-14)16(15)21-18(22-17)19-11-13-7-3-1-4-8-13/h1,3-4,7-8,12,14H,2,5-6,9-11H2,(H2,19,21,22,24). The molecular formula is C18H21N5O. The minimum atomic E-state index is -0.141. The molecule has 2 aromatic heterocycles. The fraction of sp³-hybridized carbons (Fsp3) is 0.389. The summed E-state index contributed by atoms with van der Waals surface area (Å²) in [6.45, 7) is 0.618. The molecule has 1 aliphatic carbocycles. The van der Waals surface area contributed by atoms with Crippen LogP contribution in [0, 0.1) is 0 Å². The molecule has 24 heavy (non-hydrogen) atoms. The highest BCUT2D eigenvalue weighted by atomic mass is 16.1. The number of hydrogen-bond acceptors (Lipinski definition) is 4. The van der Waals surface area contributed by atoms with E-state index in [2.05, 4.69) is 20.4 Å². The number of aromatic nitrogens is 4. The maximum atomic E-state index is 12.3. The number of anilines is 1. The van der Waals surface area contributed by atoms with Gasteiger partial charge in [0, 0.05) is 6.54 Å². The van der Waals surface area contributed by atoms with Crippen molar-refractivity contribution in [1.29, 1.82) is 0 Å². The molecule has 3 aromatic rings. The molecule has 0 amide bonds. The van der Waals surface area contributed by atoms with Gasteiger partial charge >= 0.3 is 0 Å². The molecule has 2 heterocycles. The molecular weight excluding hydrogens is 302 g/mol. The SMILES string of the molecule is O=c1[nH]c(NCc2ccccc2)nc2c1cnn2C1CCCCC1. The van der Waals surface area contributed by atoms with Crippen LogP contribution in [0.4, 0.5) is 5.95 Å². The van der Waals surface area contributed by atoms with Gasteiger partial charge in [-0.1, -0.05) is 49.6 Å². The van der Waals surface area contributed by atoms with Crippen LogP contribution in [0.3, 0.4) is 0 Å². The van der Waals surface area contributed by atoms with Crippen molar-refractivity contribution < 1.29 is 0 Å². The molecule has 0 aliphatic heterocycles. The molecule has 6 heteroatoms. The van der Waals surface area contributed by atoms with Gasteiger partial charge in [0.1, 0.15) is 5.39 Å². The Labute approximate surface area is 139 Å². The lowest BCUT2D eigenvalue weighted by Gasteiger charge is -2.22. The van der Waals surface area contributed by atoms with Gasteiger partial charge in [0.15, 0.2) is 5.65 Å². The molecule has 2 N–H and O–H groups in total. The van der Waals surface area contributed by atoms with Gasteiger partial charge in [0.25, 0.3) is 5.56 Å². The molecule has 124 valence electrons. The molecule has 1 saturated carbocycles. The maximum Gasteiger partial charge on any atom is 0.263 e. The Balaban J connectivity index is 1.63. The minimum Gasteiger partial charge on any atom is -0.352 e. The Morgan fingerprint density at radius 3 is 2.75 bits per heavy atom. The summed E-state index contributed by atoms with van der Waals surface area (Å²) in [5, 5.41) is 8.21. The zero-order valence-electron chi connectivity index (χ0n) is 13.5. The predicted molar refractivity (Wildman–Crippen MR) is 94.0 cm³/mol. The lowest BCUT2D eigenvalue weighted by atomic mass is 9.96. The normalized spacial score (nSPS) is 15.7. The summed E-state index contributed by atoms with van der Waals surface area (Å²) in [5.74, 6) is 0.494. The number of H-pyrrole nitrogens is 1. The molecule has 0 saturated heterocycles. The van der Waals surface area contributed by atoms with Crippen molar-refractivity contribution >= 4 is 17.0 Å². The van der Waals surface area contributed by atoms with Gasteiger partial charge in [0.05, 0.1) is 12.2 Å². The van der Waals surface area contributed by atoms with Crippen molar-refractivity contribution in [2.24, 2.45) is 0 Å². The van der Waals surface area contributed by atoms with Crippen LogP contribution in [0.15, 0.2) is 41.3 Å². The van der Waals surface area contributed by atoms with Crippen molar-refractivity contribution in [1.82, 2.24) is 19.7 Å². The van der Waals surface area contributed by atoms with Gasteiger partial charge in [-0.2, -0.15) is 10.1 Å². The number of nitrogens with one attached hydrogen (secondary N) is 2. The van der Waals surface area contributed by atoms with E-state index >= 15 is 0 Å². The Morgan fingerprint density at radius 2 is 1.96 bits per heavy atom. The van der Waals surface area contributed by atoms with E-state index < -0.39 is 0 Å². The predicted octanol–water partition coefficient (Wildman–Crippen LogP) is 3.24. The second kappa shape index (κ2) is 6.47. The van der Waals surface area contributed by atoms with Crippen LogP contribution < -0.4 is 10.9 Å². The van der Waals surface area contributed by atoms with Gasteiger partial charge in [0.2, 0.25) is 5.95 Å². The fourth-order valence-electron chi connectivity index (χ4n) is 3.39. The van der Waals surface area contributed by atoms with Crippen molar-refractivity contribution in [2.75, 3.05) is 5.32 Å². The highest BCUT2D eigenvalue weighted by molar-refractivity contribution is 5.74. The molecule has 1 aliphatic rings. The average Bonchev–Trinajstić information content (AvgIpc) is 3.06. The third-order valence-electron chi connectivity index (χ3n) is 4.69. The van der Waals surface area contributed by atoms with Crippen LogP contribution in [0.1, 0.15) is 43.7 Å². The Kier molecular flexibility index (Phi) is 4.02. The minimum absolute atomic E-state index is 0.141. The third kappa shape index (κ3) is 2.91. The summed E-state index contributed by atoms with van der Waals surface area (Å²) in [7, 11) is 0. The summed E-state index contributed by atoms with van der Waals surface area (Å²) in [6, 6.07) is 10.4. The van der Waals surface area contributed by atoms with Crippen LogP contribution in [-0.4, -0.2) is 19.7 Å². The molecule has 0 spiro atoms. The molecule has 0 atom stereocenters. The molecule has 1 fully saturated rings. The lowest BCUT2D eigenvalue weighted by molar-refractivity contribution is 0.336. The number of fused-ring (bicyclic) bond motifs is 1. The van der Waals surface area contributed by atoms with Gasteiger partial charge in [-0.15, -0.1) is 0 Å². The average molecular weight is 323 g/mol. The van der Waals surface area contributed by atoms with Crippen molar-refractivity contribution in [3.8, 4) is 0 Å². The van der Waals surface area contributed by atoms with E-state index in [1.165, 1.54) is 19.3 Å². The Hall–Kier alpha value is -2.63. The first-order valence-corrected chi connectivity index (χ1v) is 8.56. The van der Waals surface area contributed by atoms with E-state index in [0.717, 1.165) is 18.4 Å². The Bertz CT molecular complexity index is 877. The van der Waals surface area contributed by atoms with E-state index in [9.17, 15) is 4.79 Å². The second-order valence-electron chi connectivity index (χ2n) is 6.37. The molecule has 0 bridgehead atoms. The van der Waals surface area contributed by atoms with E-state index in [4.69, 9.17) is 0 Å². The van der Waals surface area contributed by atoms with Gasteiger partial charge < -0.3 is 5.32 Å². The summed E-state index contributed by atoms with van der Waals surface area (Å²) < 4.78 is 1.94. The first-order chi connectivity index (χ1) is 11.8. The van der Waals surface area contributed by atoms with Crippen molar-refractivity contribution in [2.45, 2.75) is 44.7 Å². The van der Waals surface area contributed by atoms with Crippen LogP contribution in [0.5, 0.6) is 0 Å². The van der Waals surface area contributed by atoms with Crippen LogP contribution in [-0.2, 0) is 6.54 Å². The third-order valence-corrected chi connectivity index (χ3v) is 4.69. The van der Waals surface area contributed by atoms with Crippen LogP contribution in [0.2, 0.25) is 0 Å². The summed E-state index contributed by atoms with van der Waals surface area (Å²) in [6.07, 6.45) is 7.57. The van der Waals surface area contributed by atoms with E-state index in [1.807, 2.05) is 35.0 Å². The van der Waals surface area contributed by atoms with Gasteiger partial charge in [-0.25, -0.2) is 4.68 Å². The number of nitrogens with zero attached hydrogens (tertiary/aromatic N) is 3. The molecule has 0 unspecified atom stereocenters. The first kappa shape index (κ1) is 14.9. The molecule has 4 rings (SSSR count). The highest BCUT2D eigenvalue weighted by Crippen LogP contribution is 2.29. The summed E-state index contributed by atoms with van der Waals surface area (Å²) >= 11 is 0. The smallest absolute Gasteiger partial charge is 0.263 e. The highest BCUT2D eigenvalue weighted by Gasteiger charge is 2.20. The largest absolute Gasteiger partial charge is 0.352 e. The quantitative estimate of drug-likeness (QED) is 0.773. The summed E-state index contributed by atoms with van der Waals surface area (Å²) in [5.41, 5.74) is 1.68. The van der Waals surface area contributed by atoms with Gasteiger partial charge in [-0.05, 0) is 18.4 Å². The zero-order valence-corrected chi connectivity index (χ0v) is 13.5. The summed E-state index contributed by atoms with van der Waals surface area (Å²) in [4.78, 5) is 19.7. The molecule has 1 aromatic carbocycles. The van der Waals surface area contributed by atoms with Crippen LogP contribution >= 0.6 is 0 Å². The van der Waals surface area contributed by atoms with Crippen molar-refractivity contribution in [3.63, 3.8) is 0 Å². The number of hydrogen-bond donors (Lipinski definition) is 2. The monoisotopic (exact) mass is 323 g/mol. The van der Waals surface area contributed by atoms with E-state index in [1.54, 1.807) is 6.20 Å². The van der Waals surface area contributed by atoms with Crippen LogP contribution in [0.25, 0.3) is 11.0 Å². The lowest BCUT2D eigenvalue weighted by Crippen LogP contribution is -2.17. The molecule has 0 radical (unpaired) electrons. The van der Waals surface area contributed by atoms with E-state index in [0.29, 0.717) is 29.6 Å².